The first-order valence-electron chi connectivity index (χ1n) is 9.57. The summed E-state index contributed by atoms with van der Waals surface area (Å²) in [5.41, 5.74) is 3.22. The smallest absolute Gasteiger partial charge is 0.261 e. The van der Waals surface area contributed by atoms with Crippen LogP contribution in [0, 0.1) is 12.7 Å². The highest BCUT2D eigenvalue weighted by atomic mass is 32.2. The standard InChI is InChI=1S/C23H21FN2O3S/c1-15-7-12-20(30(28,29)25-19-10-8-18(24)9-11-19)14-21(15)23(27)26-16(2)13-17-5-3-4-6-22(17)26/h3-12,14,16,25H,13H2,1-2H3. The van der Waals surface area contributed by atoms with Crippen LogP contribution < -0.4 is 9.62 Å². The van der Waals surface area contributed by atoms with Crippen molar-refractivity contribution in [1.29, 1.82) is 0 Å². The third-order valence-electron chi connectivity index (χ3n) is 5.27. The highest BCUT2D eigenvalue weighted by Crippen LogP contribution is 2.34. The SMILES string of the molecule is Cc1ccc(S(=O)(=O)Nc2ccc(F)cc2)cc1C(=O)N1c2ccccc2CC1C. The lowest BCUT2D eigenvalue weighted by Crippen LogP contribution is -2.36. The lowest BCUT2D eigenvalue weighted by Gasteiger charge is -2.24. The Morgan fingerprint density at radius 3 is 2.50 bits per heavy atom. The van der Waals surface area contributed by atoms with Gasteiger partial charge in [0, 0.05) is 23.0 Å². The number of amides is 1. The Bertz CT molecular complexity index is 1220. The summed E-state index contributed by atoms with van der Waals surface area (Å²) in [4.78, 5) is 15.1. The van der Waals surface area contributed by atoms with E-state index in [1.807, 2.05) is 31.2 Å². The minimum atomic E-state index is -3.94. The molecule has 1 atom stereocenters. The molecule has 30 heavy (non-hydrogen) atoms. The summed E-state index contributed by atoms with van der Waals surface area (Å²) >= 11 is 0. The highest BCUT2D eigenvalue weighted by molar-refractivity contribution is 7.92. The fourth-order valence-electron chi connectivity index (χ4n) is 3.74. The van der Waals surface area contributed by atoms with Crippen molar-refractivity contribution in [1.82, 2.24) is 0 Å². The van der Waals surface area contributed by atoms with E-state index in [2.05, 4.69) is 4.72 Å². The molecule has 1 aliphatic rings. The van der Waals surface area contributed by atoms with E-state index in [0.29, 0.717) is 11.1 Å². The first-order valence-corrected chi connectivity index (χ1v) is 11.0. The van der Waals surface area contributed by atoms with Gasteiger partial charge in [0.05, 0.1) is 4.90 Å². The Morgan fingerprint density at radius 2 is 1.77 bits per heavy atom. The predicted octanol–water partition coefficient (Wildman–Crippen LogP) is 4.53. The number of para-hydroxylation sites is 1. The number of halogens is 1. The molecule has 1 N–H and O–H groups in total. The van der Waals surface area contributed by atoms with Crippen LogP contribution in [-0.2, 0) is 16.4 Å². The number of benzene rings is 3. The first-order chi connectivity index (χ1) is 14.3. The van der Waals surface area contributed by atoms with Crippen molar-refractivity contribution >= 4 is 27.3 Å². The van der Waals surface area contributed by atoms with E-state index in [0.717, 1.165) is 17.7 Å². The largest absolute Gasteiger partial charge is 0.305 e. The van der Waals surface area contributed by atoms with E-state index in [1.54, 1.807) is 17.9 Å². The van der Waals surface area contributed by atoms with E-state index in [-0.39, 0.29) is 22.5 Å². The molecule has 3 aromatic rings. The number of anilines is 2. The summed E-state index contributed by atoms with van der Waals surface area (Å²) in [5, 5.41) is 0. The summed E-state index contributed by atoms with van der Waals surface area (Å²) in [7, 11) is -3.94. The Balaban J connectivity index is 1.68. The van der Waals surface area contributed by atoms with Crippen LogP contribution in [0.15, 0.2) is 71.6 Å². The molecule has 1 aliphatic heterocycles. The van der Waals surface area contributed by atoms with Gasteiger partial charge in [-0.1, -0.05) is 24.3 Å². The molecule has 0 aliphatic carbocycles. The molecule has 0 bridgehead atoms. The van der Waals surface area contributed by atoms with Crippen molar-refractivity contribution in [3.63, 3.8) is 0 Å². The van der Waals surface area contributed by atoms with Crippen molar-refractivity contribution in [3.8, 4) is 0 Å². The number of aryl methyl sites for hydroxylation is 1. The Morgan fingerprint density at radius 1 is 1.07 bits per heavy atom. The van der Waals surface area contributed by atoms with Gasteiger partial charge in [0.15, 0.2) is 0 Å². The average molecular weight is 424 g/mol. The van der Waals surface area contributed by atoms with Gasteiger partial charge in [0.1, 0.15) is 5.82 Å². The van der Waals surface area contributed by atoms with Gasteiger partial charge < -0.3 is 4.90 Å². The second-order valence-electron chi connectivity index (χ2n) is 7.45. The number of nitrogens with zero attached hydrogens (tertiary/aromatic N) is 1. The summed E-state index contributed by atoms with van der Waals surface area (Å²) in [6, 6.07) is 17.2. The zero-order valence-electron chi connectivity index (χ0n) is 16.6. The molecular formula is C23H21FN2O3S. The zero-order valence-corrected chi connectivity index (χ0v) is 17.4. The number of carbonyl (C=O) groups is 1. The predicted molar refractivity (Wildman–Crippen MR) is 115 cm³/mol. The van der Waals surface area contributed by atoms with Crippen LogP contribution in [0.25, 0.3) is 0 Å². The topological polar surface area (TPSA) is 66.5 Å². The van der Waals surface area contributed by atoms with Crippen LogP contribution in [0.2, 0.25) is 0 Å². The molecule has 0 spiro atoms. The van der Waals surface area contributed by atoms with Crippen LogP contribution in [0.1, 0.15) is 28.4 Å². The Labute approximate surface area is 175 Å². The summed E-state index contributed by atoms with van der Waals surface area (Å²) in [6.07, 6.45) is 0.755. The molecule has 1 unspecified atom stereocenters. The Hall–Kier alpha value is -3.19. The van der Waals surface area contributed by atoms with E-state index in [1.165, 1.54) is 36.4 Å². The van der Waals surface area contributed by atoms with Crippen molar-refractivity contribution in [3.05, 3.63) is 89.2 Å². The third-order valence-corrected chi connectivity index (χ3v) is 6.65. The van der Waals surface area contributed by atoms with Gasteiger partial charge in [-0.05, 0) is 73.9 Å². The van der Waals surface area contributed by atoms with Crippen LogP contribution >= 0.6 is 0 Å². The van der Waals surface area contributed by atoms with Gasteiger partial charge in [-0.3, -0.25) is 9.52 Å². The van der Waals surface area contributed by atoms with Crippen LogP contribution in [0.5, 0.6) is 0 Å². The van der Waals surface area contributed by atoms with Gasteiger partial charge in [-0.15, -0.1) is 0 Å². The number of rotatable bonds is 4. The average Bonchev–Trinajstić information content (AvgIpc) is 3.05. The summed E-state index contributed by atoms with van der Waals surface area (Å²) < 4.78 is 41.2. The molecule has 3 aromatic carbocycles. The highest BCUT2D eigenvalue weighted by Gasteiger charge is 2.32. The molecule has 7 heteroatoms. The van der Waals surface area contributed by atoms with Crippen molar-refractivity contribution in [2.24, 2.45) is 0 Å². The van der Waals surface area contributed by atoms with Crippen LogP contribution in [-0.4, -0.2) is 20.4 Å². The van der Waals surface area contributed by atoms with Crippen LogP contribution in [0.3, 0.4) is 0 Å². The number of sulfonamides is 1. The maximum Gasteiger partial charge on any atom is 0.261 e. The third kappa shape index (κ3) is 3.68. The number of fused-ring (bicyclic) bond motifs is 1. The van der Waals surface area contributed by atoms with Gasteiger partial charge in [-0.25, -0.2) is 12.8 Å². The van der Waals surface area contributed by atoms with Gasteiger partial charge >= 0.3 is 0 Å². The molecule has 0 saturated carbocycles. The molecule has 0 fully saturated rings. The summed E-state index contributed by atoms with van der Waals surface area (Å²) in [6.45, 7) is 3.76. The molecule has 0 aromatic heterocycles. The van der Waals surface area contributed by atoms with E-state index in [9.17, 15) is 17.6 Å². The molecule has 0 saturated heterocycles. The minimum absolute atomic E-state index is 0.0214. The fourth-order valence-corrected chi connectivity index (χ4v) is 4.82. The monoisotopic (exact) mass is 424 g/mol. The molecule has 0 radical (unpaired) electrons. The molecule has 1 amide bonds. The van der Waals surface area contributed by atoms with Gasteiger partial charge in [0.2, 0.25) is 0 Å². The van der Waals surface area contributed by atoms with Crippen LogP contribution in [0.4, 0.5) is 15.8 Å². The zero-order chi connectivity index (χ0) is 21.5. The lowest BCUT2D eigenvalue weighted by molar-refractivity contribution is 0.0980. The number of hydrogen-bond donors (Lipinski definition) is 1. The second kappa shape index (κ2) is 7.57. The summed E-state index contributed by atoms with van der Waals surface area (Å²) in [5.74, 6) is -0.690. The maximum atomic E-state index is 13.4. The second-order valence-corrected chi connectivity index (χ2v) is 9.13. The molecule has 4 rings (SSSR count). The lowest BCUT2D eigenvalue weighted by atomic mass is 10.1. The van der Waals surface area contributed by atoms with Gasteiger partial charge in [0.25, 0.3) is 15.9 Å². The number of nitrogens with one attached hydrogen (secondary N) is 1. The normalized spacial score (nSPS) is 15.7. The van der Waals surface area contributed by atoms with E-state index >= 15 is 0 Å². The van der Waals surface area contributed by atoms with Crippen molar-refractivity contribution in [2.75, 3.05) is 9.62 Å². The molecular weight excluding hydrogens is 403 g/mol. The Kier molecular flexibility index (Phi) is 5.07. The minimum Gasteiger partial charge on any atom is -0.305 e. The van der Waals surface area contributed by atoms with E-state index in [4.69, 9.17) is 0 Å². The van der Waals surface area contributed by atoms with E-state index < -0.39 is 15.8 Å². The molecule has 154 valence electrons. The van der Waals surface area contributed by atoms with Gasteiger partial charge in [-0.2, -0.15) is 0 Å². The number of hydrogen-bond acceptors (Lipinski definition) is 3. The first kappa shape index (κ1) is 20.1. The fraction of sp³-hybridized carbons (Fsp3) is 0.174. The molecule has 1 heterocycles. The maximum absolute atomic E-state index is 13.4. The quantitative estimate of drug-likeness (QED) is 0.669. The van der Waals surface area contributed by atoms with Crippen molar-refractivity contribution in [2.45, 2.75) is 31.2 Å². The van der Waals surface area contributed by atoms with Crippen molar-refractivity contribution < 1.29 is 17.6 Å². The molecule has 5 nitrogen and oxygen atoms in total. The number of carbonyl (C=O) groups excluding carboxylic acids is 1.